The number of aromatic nitrogens is 1. The highest BCUT2D eigenvalue weighted by Gasteiger charge is 2.27. The molecule has 0 bridgehead atoms. The van der Waals surface area contributed by atoms with Crippen molar-refractivity contribution in [1.29, 1.82) is 0 Å². The van der Waals surface area contributed by atoms with Gasteiger partial charge in [-0.25, -0.2) is 9.59 Å². The second-order valence-electron chi connectivity index (χ2n) is 6.83. The number of urea groups is 1. The van der Waals surface area contributed by atoms with Crippen LogP contribution in [0.2, 0.25) is 0 Å². The maximum atomic E-state index is 12.6. The molecule has 0 atom stereocenters. The number of esters is 1. The summed E-state index contributed by atoms with van der Waals surface area (Å²) in [5, 5.41) is 5.33. The standard InChI is InChI=1S/C22H19N3O4/c26-20(25-22(28)23-15-6-2-1-3-7-15)13-29-21(27)17-12-19(14-10-11-14)24-18-9-5-4-8-16(17)18/h1-9,12,14H,10-11,13H2,(H2,23,25,26,28). The predicted molar refractivity (Wildman–Crippen MR) is 108 cm³/mol. The summed E-state index contributed by atoms with van der Waals surface area (Å²) in [6.07, 6.45) is 2.11. The Morgan fingerprint density at radius 1 is 1.00 bits per heavy atom. The Balaban J connectivity index is 1.39. The predicted octanol–water partition coefficient (Wildman–Crippen LogP) is 3.62. The molecule has 0 aliphatic heterocycles. The molecule has 2 N–H and O–H groups in total. The van der Waals surface area contributed by atoms with Crippen LogP contribution >= 0.6 is 0 Å². The molecule has 0 spiro atoms. The van der Waals surface area contributed by atoms with E-state index in [9.17, 15) is 14.4 Å². The highest BCUT2D eigenvalue weighted by molar-refractivity contribution is 6.05. The summed E-state index contributed by atoms with van der Waals surface area (Å²) in [5.74, 6) is -0.965. The number of anilines is 1. The zero-order chi connectivity index (χ0) is 20.2. The summed E-state index contributed by atoms with van der Waals surface area (Å²) >= 11 is 0. The van der Waals surface area contributed by atoms with Crippen LogP contribution in [0.5, 0.6) is 0 Å². The van der Waals surface area contributed by atoms with Crippen molar-refractivity contribution in [1.82, 2.24) is 10.3 Å². The number of benzene rings is 2. The molecule has 1 aliphatic carbocycles. The fraction of sp³-hybridized carbons (Fsp3) is 0.182. The molecule has 3 amide bonds. The van der Waals surface area contributed by atoms with Crippen LogP contribution in [-0.4, -0.2) is 29.5 Å². The smallest absolute Gasteiger partial charge is 0.339 e. The van der Waals surface area contributed by atoms with Gasteiger partial charge in [0.1, 0.15) is 0 Å². The van der Waals surface area contributed by atoms with E-state index in [1.807, 2.05) is 24.3 Å². The first-order valence-electron chi connectivity index (χ1n) is 9.33. The molecule has 7 nitrogen and oxygen atoms in total. The normalized spacial score (nSPS) is 13.0. The Hall–Kier alpha value is -3.74. The van der Waals surface area contributed by atoms with Gasteiger partial charge in [-0.3, -0.25) is 15.1 Å². The molecule has 1 saturated carbocycles. The van der Waals surface area contributed by atoms with Gasteiger partial charge in [-0.15, -0.1) is 0 Å². The van der Waals surface area contributed by atoms with Crippen molar-refractivity contribution in [2.24, 2.45) is 0 Å². The minimum absolute atomic E-state index is 0.371. The molecule has 1 heterocycles. The summed E-state index contributed by atoms with van der Waals surface area (Å²) < 4.78 is 5.15. The number of para-hydroxylation sites is 2. The summed E-state index contributed by atoms with van der Waals surface area (Å²) in [7, 11) is 0. The molecule has 7 heteroatoms. The Morgan fingerprint density at radius 3 is 2.48 bits per heavy atom. The van der Waals surface area contributed by atoms with Crippen molar-refractivity contribution in [3.8, 4) is 0 Å². The molecule has 0 unspecified atom stereocenters. The van der Waals surface area contributed by atoms with Crippen LogP contribution in [0, 0.1) is 0 Å². The second kappa shape index (κ2) is 8.10. The molecular weight excluding hydrogens is 370 g/mol. The van der Waals surface area contributed by atoms with Gasteiger partial charge in [0.25, 0.3) is 5.91 Å². The Kier molecular flexibility index (Phi) is 5.20. The first kappa shape index (κ1) is 18.6. The lowest BCUT2D eigenvalue weighted by atomic mass is 10.1. The van der Waals surface area contributed by atoms with Crippen molar-refractivity contribution >= 4 is 34.5 Å². The molecule has 1 aliphatic rings. The van der Waals surface area contributed by atoms with E-state index < -0.39 is 24.5 Å². The fourth-order valence-corrected chi connectivity index (χ4v) is 3.01. The number of imide groups is 1. The first-order chi connectivity index (χ1) is 14.1. The summed E-state index contributed by atoms with van der Waals surface area (Å²) in [5.41, 5.74) is 2.50. The number of carbonyl (C=O) groups excluding carboxylic acids is 3. The summed E-state index contributed by atoms with van der Waals surface area (Å²) in [4.78, 5) is 41.0. The van der Waals surface area contributed by atoms with Gasteiger partial charge in [0.15, 0.2) is 6.61 Å². The monoisotopic (exact) mass is 389 g/mol. The van der Waals surface area contributed by atoms with Gasteiger partial charge in [0, 0.05) is 22.7 Å². The van der Waals surface area contributed by atoms with Gasteiger partial charge >= 0.3 is 12.0 Å². The van der Waals surface area contributed by atoms with Crippen molar-refractivity contribution in [2.75, 3.05) is 11.9 Å². The van der Waals surface area contributed by atoms with Gasteiger partial charge in [-0.1, -0.05) is 36.4 Å². The molecule has 2 aromatic carbocycles. The quantitative estimate of drug-likeness (QED) is 0.650. The molecule has 1 aromatic heterocycles. The van der Waals surface area contributed by atoms with Gasteiger partial charge in [-0.2, -0.15) is 0 Å². The van der Waals surface area contributed by atoms with Crippen molar-refractivity contribution in [3.05, 3.63) is 71.9 Å². The Morgan fingerprint density at radius 2 is 1.72 bits per heavy atom. The maximum absolute atomic E-state index is 12.6. The highest BCUT2D eigenvalue weighted by Crippen LogP contribution is 2.40. The molecule has 0 radical (unpaired) electrons. The highest BCUT2D eigenvalue weighted by atomic mass is 16.5. The van der Waals surface area contributed by atoms with Gasteiger partial charge in [0.05, 0.1) is 11.1 Å². The molecule has 146 valence electrons. The topological polar surface area (TPSA) is 97.4 Å². The number of carbonyl (C=O) groups is 3. The lowest BCUT2D eigenvalue weighted by Crippen LogP contribution is -2.37. The van der Waals surface area contributed by atoms with E-state index in [2.05, 4.69) is 15.6 Å². The Bertz CT molecular complexity index is 1080. The molecule has 29 heavy (non-hydrogen) atoms. The number of fused-ring (bicyclic) bond motifs is 1. The molecular formula is C22H19N3O4. The minimum Gasteiger partial charge on any atom is -0.452 e. The van der Waals surface area contributed by atoms with Crippen LogP contribution in [0.3, 0.4) is 0 Å². The number of nitrogens with one attached hydrogen (secondary N) is 2. The number of pyridine rings is 1. The SMILES string of the molecule is O=C(COC(=O)c1cc(C2CC2)nc2ccccc12)NC(=O)Nc1ccccc1. The molecule has 4 rings (SSSR count). The van der Waals surface area contributed by atoms with Crippen LogP contribution in [0.15, 0.2) is 60.7 Å². The summed E-state index contributed by atoms with van der Waals surface area (Å²) in [6, 6.07) is 17.1. The van der Waals surface area contributed by atoms with E-state index in [1.54, 1.807) is 36.4 Å². The van der Waals surface area contributed by atoms with E-state index in [4.69, 9.17) is 4.74 Å². The van der Waals surface area contributed by atoms with Gasteiger partial charge in [0.2, 0.25) is 0 Å². The number of hydrogen-bond donors (Lipinski definition) is 2. The van der Waals surface area contributed by atoms with Crippen LogP contribution in [0.25, 0.3) is 10.9 Å². The number of hydrogen-bond acceptors (Lipinski definition) is 5. The first-order valence-corrected chi connectivity index (χ1v) is 9.33. The third-order valence-corrected chi connectivity index (χ3v) is 4.57. The van der Waals surface area contributed by atoms with Gasteiger partial charge < -0.3 is 10.1 Å². The Labute approximate surface area is 167 Å². The number of rotatable bonds is 5. The largest absolute Gasteiger partial charge is 0.452 e. The van der Waals surface area contributed by atoms with Crippen molar-refractivity contribution < 1.29 is 19.1 Å². The second-order valence-corrected chi connectivity index (χ2v) is 6.83. The van der Waals surface area contributed by atoms with Gasteiger partial charge in [-0.05, 0) is 37.1 Å². The molecule has 3 aromatic rings. The molecule has 1 fully saturated rings. The number of ether oxygens (including phenoxy) is 1. The van der Waals surface area contributed by atoms with E-state index >= 15 is 0 Å². The number of nitrogens with zero attached hydrogens (tertiary/aromatic N) is 1. The zero-order valence-electron chi connectivity index (χ0n) is 15.6. The zero-order valence-corrected chi connectivity index (χ0v) is 15.6. The molecule has 0 saturated heterocycles. The average molecular weight is 389 g/mol. The minimum atomic E-state index is -0.715. The van der Waals surface area contributed by atoms with Crippen LogP contribution < -0.4 is 10.6 Å². The van der Waals surface area contributed by atoms with Crippen LogP contribution in [0.1, 0.15) is 34.8 Å². The van der Waals surface area contributed by atoms with Crippen molar-refractivity contribution in [2.45, 2.75) is 18.8 Å². The third-order valence-electron chi connectivity index (χ3n) is 4.57. The van der Waals surface area contributed by atoms with E-state index in [0.717, 1.165) is 24.1 Å². The van der Waals surface area contributed by atoms with Crippen LogP contribution in [0.4, 0.5) is 10.5 Å². The fourth-order valence-electron chi connectivity index (χ4n) is 3.01. The van der Waals surface area contributed by atoms with Crippen molar-refractivity contribution in [3.63, 3.8) is 0 Å². The van der Waals surface area contributed by atoms with E-state index in [-0.39, 0.29) is 0 Å². The van der Waals surface area contributed by atoms with Crippen LogP contribution in [-0.2, 0) is 9.53 Å². The third kappa shape index (κ3) is 4.57. The number of amides is 3. The van der Waals surface area contributed by atoms with E-state index in [1.165, 1.54) is 0 Å². The maximum Gasteiger partial charge on any atom is 0.339 e. The average Bonchev–Trinajstić information content (AvgIpc) is 3.57. The summed E-state index contributed by atoms with van der Waals surface area (Å²) in [6.45, 7) is -0.559. The lowest BCUT2D eigenvalue weighted by molar-refractivity contribution is -0.123. The lowest BCUT2D eigenvalue weighted by Gasteiger charge is -2.10. The van der Waals surface area contributed by atoms with E-state index in [0.29, 0.717) is 22.6 Å².